The SMILES string of the molecule is CN(C)c1ccnc(C(=O)N[C@]2(C#N)CCc3ccccc3C2)c1. The molecule has 0 saturated heterocycles. The van der Waals surface area contributed by atoms with Crippen LogP contribution in [0.3, 0.4) is 0 Å². The number of nitrogens with one attached hydrogen (secondary N) is 1. The summed E-state index contributed by atoms with van der Waals surface area (Å²) in [4.78, 5) is 18.7. The number of fused-ring (bicyclic) bond motifs is 1. The molecule has 1 amide bonds. The first-order valence-corrected chi connectivity index (χ1v) is 7.97. The van der Waals surface area contributed by atoms with Crippen molar-refractivity contribution in [3.63, 3.8) is 0 Å². The lowest BCUT2D eigenvalue weighted by Gasteiger charge is -2.33. The van der Waals surface area contributed by atoms with E-state index in [2.05, 4.69) is 22.4 Å². The van der Waals surface area contributed by atoms with E-state index < -0.39 is 5.54 Å². The van der Waals surface area contributed by atoms with E-state index in [0.717, 1.165) is 17.7 Å². The Labute approximate surface area is 141 Å². The van der Waals surface area contributed by atoms with E-state index in [4.69, 9.17) is 0 Å². The molecule has 1 aromatic carbocycles. The number of pyridine rings is 1. The Bertz CT molecular complexity index is 809. The molecule has 5 heteroatoms. The maximum absolute atomic E-state index is 12.6. The topological polar surface area (TPSA) is 69.0 Å². The molecule has 1 aliphatic carbocycles. The molecule has 1 N–H and O–H groups in total. The van der Waals surface area contributed by atoms with Crippen LogP contribution in [-0.2, 0) is 12.8 Å². The number of aryl methyl sites for hydroxylation is 1. The van der Waals surface area contributed by atoms with E-state index in [1.807, 2.05) is 43.3 Å². The fourth-order valence-electron chi connectivity index (χ4n) is 3.07. The third kappa shape index (κ3) is 3.09. The summed E-state index contributed by atoms with van der Waals surface area (Å²) in [6.45, 7) is 0. The van der Waals surface area contributed by atoms with Crippen molar-refractivity contribution < 1.29 is 4.79 Å². The summed E-state index contributed by atoms with van der Waals surface area (Å²) < 4.78 is 0. The van der Waals surface area contributed by atoms with Gasteiger partial charge in [-0.25, -0.2) is 0 Å². The predicted octanol–water partition coefficient (Wildman–Crippen LogP) is 2.33. The lowest BCUT2D eigenvalue weighted by molar-refractivity contribution is 0.0908. The van der Waals surface area contributed by atoms with Crippen LogP contribution in [0.5, 0.6) is 0 Å². The summed E-state index contributed by atoms with van der Waals surface area (Å²) in [5.41, 5.74) is 2.73. The van der Waals surface area contributed by atoms with Crippen molar-refractivity contribution in [1.29, 1.82) is 5.26 Å². The number of rotatable bonds is 3. The van der Waals surface area contributed by atoms with Gasteiger partial charge in [-0.15, -0.1) is 0 Å². The Morgan fingerprint density at radius 2 is 2.04 bits per heavy atom. The van der Waals surface area contributed by atoms with Gasteiger partial charge in [-0.2, -0.15) is 5.26 Å². The third-order valence-electron chi connectivity index (χ3n) is 4.49. The minimum Gasteiger partial charge on any atom is -0.378 e. The fraction of sp³-hybridized carbons (Fsp3) is 0.316. The number of nitrogens with zero attached hydrogens (tertiary/aromatic N) is 3. The quantitative estimate of drug-likeness (QED) is 0.942. The van der Waals surface area contributed by atoms with Crippen LogP contribution in [0.1, 0.15) is 28.0 Å². The predicted molar refractivity (Wildman–Crippen MR) is 92.8 cm³/mol. The monoisotopic (exact) mass is 320 g/mol. The molecule has 24 heavy (non-hydrogen) atoms. The number of carbonyl (C=O) groups is 1. The van der Waals surface area contributed by atoms with Crippen LogP contribution >= 0.6 is 0 Å². The smallest absolute Gasteiger partial charge is 0.271 e. The molecule has 0 bridgehead atoms. The van der Waals surface area contributed by atoms with Crippen molar-refractivity contribution in [3.8, 4) is 6.07 Å². The van der Waals surface area contributed by atoms with Crippen LogP contribution in [0.15, 0.2) is 42.6 Å². The number of carbonyl (C=O) groups excluding carboxylic acids is 1. The Hall–Kier alpha value is -2.87. The van der Waals surface area contributed by atoms with Crippen LogP contribution < -0.4 is 10.2 Å². The van der Waals surface area contributed by atoms with E-state index in [1.165, 1.54) is 5.56 Å². The first-order chi connectivity index (χ1) is 11.5. The van der Waals surface area contributed by atoms with E-state index in [0.29, 0.717) is 18.5 Å². The van der Waals surface area contributed by atoms with Gasteiger partial charge in [0, 0.05) is 32.4 Å². The van der Waals surface area contributed by atoms with Gasteiger partial charge >= 0.3 is 0 Å². The van der Waals surface area contributed by atoms with Gasteiger partial charge in [0.05, 0.1) is 6.07 Å². The van der Waals surface area contributed by atoms with Crippen LogP contribution in [0.25, 0.3) is 0 Å². The second-order valence-electron chi connectivity index (χ2n) is 6.39. The lowest BCUT2D eigenvalue weighted by atomic mass is 9.78. The lowest BCUT2D eigenvalue weighted by Crippen LogP contribution is -2.51. The van der Waals surface area contributed by atoms with Gasteiger partial charge in [0.2, 0.25) is 0 Å². The molecule has 1 aromatic heterocycles. The highest BCUT2D eigenvalue weighted by Crippen LogP contribution is 2.28. The van der Waals surface area contributed by atoms with Gasteiger partial charge in [0.15, 0.2) is 0 Å². The van der Waals surface area contributed by atoms with Crippen molar-refractivity contribution in [1.82, 2.24) is 10.3 Å². The number of benzene rings is 1. The van der Waals surface area contributed by atoms with Gasteiger partial charge in [0.1, 0.15) is 11.2 Å². The van der Waals surface area contributed by atoms with Crippen molar-refractivity contribution >= 4 is 11.6 Å². The van der Waals surface area contributed by atoms with E-state index in [9.17, 15) is 10.1 Å². The zero-order chi connectivity index (χ0) is 17.2. The molecule has 0 radical (unpaired) electrons. The maximum Gasteiger partial charge on any atom is 0.271 e. The van der Waals surface area contributed by atoms with Gasteiger partial charge in [0.25, 0.3) is 5.91 Å². The molecule has 5 nitrogen and oxygen atoms in total. The summed E-state index contributed by atoms with van der Waals surface area (Å²) in [6.07, 6.45) is 3.53. The number of amides is 1. The molecule has 0 saturated carbocycles. The number of aromatic nitrogens is 1. The Morgan fingerprint density at radius 3 is 2.75 bits per heavy atom. The Kier molecular flexibility index (Phi) is 4.22. The summed E-state index contributed by atoms with van der Waals surface area (Å²) in [5.74, 6) is -0.306. The van der Waals surface area contributed by atoms with Gasteiger partial charge in [-0.05, 0) is 36.1 Å². The molecule has 2 aromatic rings. The first-order valence-electron chi connectivity index (χ1n) is 7.97. The first kappa shape index (κ1) is 16.0. The number of nitriles is 1. The molecular weight excluding hydrogens is 300 g/mol. The molecule has 3 rings (SSSR count). The fourth-order valence-corrected chi connectivity index (χ4v) is 3.07. The molecule has 0 fully saturated rings. The van der Waals surface area contributed by atoms with E-state index in [1.54, 1.807) is 12.3 Å². The number of anilines is 1. The standard InChI is InChI=1S/C19H20N4O/c1-23(2)16-8-10-21-17(11-16)18(24)22-19(13-20)9-7-14-5-3-4-6-15(14)12-19/h3-6,8,10-11H,7,9,12H2,1-2H3,(H,22,24)/t19-/m1/s1. The zero-order valence-corrected chi connectivity index (χ0v) is 13.9. The largest absolute Gasteiger partial charge is 0.378 e. The Morgan fingerprint density at radius 1 is 1.29 bits per heavy atom. The van der Waals surface area contributed by atoms with Crippen LogP contribution in [0.4, 0.5) is 5.69 Å². The highest BCUT2D eigenvalue weighted by Gasteiger charge is 2.36. The molecule has 122 valence electrons. The van der Waals surface area contributed by atoms with Gasteiger partial charge in [-0.3, -0.25) is 9.78 Å². The number of hydrogen-bond donors (Lipinski definition) is 1. The average molecular weight is 320 g/mol. The molecule has 0 aliphatic heterocycles. The summed E-state index contributed by atoms with van der Waals surface area (Å²) in [7, 11) is 3.82. The minimum atomic E-state index is -0.874. The third-order valence-corrected chi connectivity index (χ3v) is 4.49. The van der Waals surface area contributed by atoms with Crippen LogP contribution in [0, 0.1) is 11.3 Å². The van der Waals surface area contributed by atoms with Gasteiger partial charge < -0.3 is 10.2 Å². The average Bonchev–Trinajstić information content (AvgIpc) is 2.61. The molecule has 1 heterocycles. The zero-order valence-electron chi connectivity index (χ0n) is 13.9. The summed E-state index contributed by atoms with van der Waals surface area (Å²) >= 11 is 0. The molecular formula is C19H20N4O. The Balaban J connectivity index is 1.83. The second kappa shape index (κ2) is 6.32. The summed E-state index contributed by atoms with van der Waals surface area (Å²) in [5, 5.41) is 12.6. The molecule has 1 atom stereocenters. The number of hydrogen-bond acceptors (Lipinski definition) is 4. The van der Waals surface area contributed by atoms with E-state index in [-0.39, 0.29) is 5.91 Å². The van der Waals surface area contributed by atoms with Crippen LogP contribution in [-0.4, -0.2) is 30.5 Å². The van der Waals surface area contributed by atoms with Gasteiger partial charge in [-0.1, -0.05) is 24.3 Å². The molecule has 1 aliphatic rings. The minimum absolute atomic E-state index is 0.306. The maximum atomic E-state index is 12.6. The van der Waals surface area contributed by atoms with Crippen LogP contribution in [0.2, 0.25) is 0 Å². The highest BCUT2D eigenvalue weighted by atomic mass is 16.2. The molecule has 0 spiro atoms. The second-order valence-corrected chi connectivity index (χ2v) is 6.39. The van der Waals surface area contributed by atoms with E-state index >= 15 is 0 Å². The summed E-state index contributed by atoms with van der Waals surface area (Å²) in [6, 6.07) is 14.0. The van der Waals surface area contributed by atoms with Crippen molar-refractivity contribution in [2.75, 3.05) is 19.0 Å². The van der Waals surface area contributed by atoms with Crippen molar-refractivity contribution in [2.24, 2.45) is 0 Å². The molecule has 0 unspecified atom stereocenters. The normalized spacial score (nSPS) is 19.0. The van der Waals surface area contributed by atoms with Crippen molar-refractivity contribution in [2.45, 2.75) is 24.8 Å². The van der Waals surface area contributed by atoms with Crippen molar-refractivity contribution in [3.05, 3.63) is 59.4 Å². The highest BCUT2D eigenvalue weighted by molar-refractivity contribution is 5.94.